The highest BCUT2D eigenvalue weighted by Crippen LogP contribution is 2.29. The third kappa shape index (κ3) is 7.86. The highest BCUT2D eigenvalue weighted by atomic mass is 16.6. The molecule has 0 bridgehead atoms. The predicted octanol–water partition coefficient (Wildman–Crippen LogP) is 5.26. The molecule has 0 unspecified atom stereocenters. The van der Waals surface area contributed by atoms with Gasteiger partial charge in [0.1, 0.15) is 11.5 Å². The molecular formula is C22H31BO4. The SMILES string of the molecule is CC(C)CCOc1ccccc1OBOc1ccccc1OCCC(C)C. The van der Waals surface area contributed by atoms with E-state index in [4.69, 9.17) is 18.8 Å². The zero-order valence-electron chi connectivity index (χ0n) is 16.9. The normalized spacial score (nSPS) is 10.7. The molecule has 0 fully saturated rings. The van der Waals surface area contributed by atoms with Crippen molar-refractivity contribution in [2.75, 3.05) is 13.2 Å². The molecule has 0 heterocycles. The van der Waals surface area contributed by atoms with Gasteiger partial charge in [-0.05, 0) is 48.9 Å². The summed E-state index contributed by atoms with van der Waals surface area (Å²) in [6.07, 6.45) is 2.01. The lowest BCUT2D eigenvalue weighted by Gasteiger charge is -2.15. The summed E-state index contributed by atoms with van der Waals surface area (Å²) in [7, 11) is 0.0924. The molecule has 0 saturated carbocycles. The van der Waals surface area contributed by atoms with Crippen LogP contribution in [0.25, 0.3) is 0 Å². The molecule has 146 valence electrons. The Morgan fingerprint density at radius 3 is 1.37 bits per heavy atom. The average molecular weight is 370 g/mol. The van der Waals surface area contributed by atoms with Crippen LogP contribution in [0.15, 0.2) is 48.5 Å². The molecule has 0 saturated heterocycles. The lowest BCUT2D eigenvalue weighted by molar-refractivity contribution is 0.276. The van der Waals surface area contributed by atoms with Crippen molar-refractivity contribution in [2.24, 2.45) is 11.8 Å². The summed E-state index contributed by atoms with van der Waals surface area (Å²) in [5.74, 6) is 4.05. The first-order valence-electron chi connectivity index (χ1n) is 9.75. The van der Waals surface area contributed by atoms with Gasteiger partial charge in [-0.1, -0.05) is 52.0 Å². The highest BCUT2D eigenvalue weighted by molar-refractivity contribution is 6.21. The minimum Gasteiger partial charge on any atom is -0.526 e. The van der Waals surface area contributed by atoms with Crippen LogP contribution in [0.5, 0.6) is 23.0 Å². The quantitative estimate of drug-likeness (QED) is 0.478. The van der Waals surface area contributed by atoms with Crippen LogP contribution < -0.4 is 18.8 Å². The molecule has 0 atom stereocenters. The molecule has 0 aliphatic rings. The van der Waals surface area contributed by atoms with E-state index < -0.39 is 0 Å². The van der Waals surface area contributed by atoms with Gasteiger partial charge in [-0.3, -0.25) is 0 Å². The fourth-order valence-corrected chi connectivity index (χ4v) is 2.34. The first-order chi connectivity index (χ1) is 13.1. The molecule has 2 rings (SSSR count). The van der Waals surface area contributed by atoms with Gasteiger partial charge in [0, 0.05) is 0 Å². The molecule has 5 heteroatoms. The van der Waals surface area contributed by atoms with Crippen molar-refractivity contribution in [3.8, 4) is 23.0 Å². The summed E-state index contributed by atoms with van der Waals surface area (Å²) in [6, 6.07) is 15.3. The Morgan fingerprint density at radius 2 is 1.00 bits per heavy atom. The van der Waals surface area contributed by atoms with E-state index in [1.165, 1.54) is 0 Å². The van der Waals surface area contributed by atoms with E-state index >= 15 is 0 Å². The van der Waals surface area contributed by atoms with Crippen LogP contribution in [-0.4, -0.2) is 20.9 Å². The molecule has 2 aromatic carbocycles. The zero-order valence-corrected chi connectivity index (χ0v) is 16.9. The number of ether oxygens (including phenoxy) is 2. The van der Waals surface area contributed by atoms with Gasteiger partial charge in [-0.2, -0.15) is 0 Å². The summed E-state index contributed by atoms with van der Waals surface area (Å²) < 4.78 is 23.3. The van der Waals surface area contributed by atoms with Gasteiger partial charge in [-0.15, -0.1) is 0 Å². The first-order valence-corrected chi connectivity index (χ1v) is 9.75. The Balaban J connectivity index is 1.87. The van der Waals surface area contributed by atoms with Crippen LogP contribution in [0.3, 0.4) is 0 Å². The fourth-order valence-electron chi connectivity index (χ4n) is 2.34. The average Bonchev–Trinajstić information content (AvgIpc) is 2.63. The van der Waals surface area contributed by atoms with Crippen molar-refractivity contribution in [3.05, 3.63) is 48.5 Å². The Hall–Kier alpha value is -2.30. The van der Waals surface area contributed by atoms with Crippen molar-refractivity contribution < 1.29 is 18.8 Å². The van der Waals surface area contributed by atoms with E-state index in [1.807, 2.05) is 48.5 Å². The smallest absolute Gasteiger partial charge is 0.526 e. The lowest BCUT2D eigenvalue weighted by atomic mass is 10.1. The molecule has 0 aliphatic heterocycles. The molecule has 27 heavy (non-hydrogen) atoms. The minimum atomic E-state index is 0.0924. The Morgan fingerprint density at radius 1 is 0.630 bits per heavy atom. The van der Waals surface area contributed by atoms with Crippen molar-refractivity contribution in [1.82, 2.24) is 0 Å². The number of benzene rings is 2. The molecule has 0 N–H and O–H groups in total. The summed E-state index contributed by atoms with van der Waals surface area (Å²) >= 11 is 0. The van der Waals surface area contributed by atoms with Crippen molar-refractivity contribution in [2.45, 2.75) is 40.5 Å². The Kier molecular flexibility index (Phi) is 8.89. The van der Waals surface area contributed by atoms with Crippen molar-refractivity contribution in [1.29, 1.82) is 0 Å². The maximum Gasteiger partial charge on any atom is 0.576 e. The van der Waals surface area contributed by atoms with Crippen molar-refractivity contribution >= 4 is 7.69 Å². The minimum absolute atomic E-state index is 0.0924. The van der Waals surface area contributed by atoms with Crippen LogP contribution in [0.1, 0.15) is 40.5 Å². The van der Waals surface area contributed by atoms with E-state index in [2.05, 4.69) is 27.7 Å². The second-order valence-corrected chi connectivity index (χ2v) is 7.36. The second-order valence-electron chi connectivity index (χ2n) is 7.36. The van der Waals surface area contributed by atoms with E-state index in [9.17, 15) is 0 Å². The molecule has 0 aromatic heterocycles. The third-order valence-corrected chi connectivity index (χ3v) is 4.03. The highest BCUT2D eigenvalue weighted by Gasteiger charge is 2.09. The molecule has 2 aromatic rings. The maximum absolute atomic E-state index is 5.84. The Bertz CT molecular complexity index is 615. The van der Waals surface area contributed by atoms with E-state index in [-0.39, 0.29) is 7.69 Å². The standard InChI is InChI=1S/C22H31BO4/c1-17(2)13-15-24-19-9-5-7-11-21(19)26-23-27-22-12-8-6-10-20(22)25-16-14-18(3)4/h5-12,17-18,23H,13-16H2,1-4H3. The number of hydrogen-bond acceptors (Lipinski definition) is 4. The van der Waals surface area contributed by atoms with E-state index in [1.54, 1.807) is 0 Å². The summed E-state index contributed by atoms with van der Waals surface area (Å²) in [6.45, 7) is 10.1. The number of rotatable bonds is 12. The summed E-state index contributed by atoms with van der Waals surface area (Å²) in [5.41, 5.74) is 0. The number of hydrogen-bond donors (Lipinski definition) is 0. The van der Waals surface area contributed by atoms with Crippen LogP contribution >= 0.6 is 0 Å². The van der Waals surface area contributed by atoms with Crippen LogP contribution in [0, 0.1) is 11.8 Å². The van der Waals surface area contributed by atoms with Gasteiger partial charge in [-0.25, -0.2) is 0 Å². The van der Waals surface area contributed by atoms with Crippen LogP contribution in [0.2, 0.25) is 0 Å². The molecule has 4 nitrogen and oxygen atoms in total. The molecular weight excluding hydrogens is 339 g/mol. The van der Waals surface area contributed by atoms with Gasteiger partial charge >= 0.3 is 7.69 Å². The third-order valence-electron chi connectivity index (χ3n) is 4.03. The fraction of sp³-hybridized carbons (Fsp3) is 0.455. The monoisotopic (exact) mass is 370 g/mol. The summed E-state index contributed by atoms with van der Waals surface area (Å²) in [5, 5.41) is 0. The zero-order chi connectivity index (χ0) is 19.5. The number of para-hydroxylation sites is 4. The summed E-state index contributed by atoms with van der Waals surface area (Å²) in [4.78, 5) is 0. The predicted molar refractivity (Wildman–Crippen MR) is 111 cm³/mol. The van der Waals surface area contributed by atoms with Gasteiger partial charge in [0.25, 0.3) is 0 Å². The molecule has 0 radical (unpaired) electrons. The van der Waals surface area contributed by atoms with Gasteiger partial charge in [0.15, 0.2) is 11.5 Å². The van der Waals surface area contributed by atoms with Gasteiger partial charge in [0.05, 0.1) is 13.2 Å². The molecule has 0 amide bonds. The van der Waals surface area contributed by atoms with Crippen molar-refractivity contribution in [3.63, 3.8) is 0 Å². The van der Waals surface area contributed by atoms with Gasteiger partial charge < -0.3 is 18.8 Å². The molecule has 0 aliphatic carbocycles. The van der Waals surface area contributed by atoms with Gasteiger partial charge in [0.2, 0.25) is 0 Å². The Labute approximate surface area is 164 Å². The largest absolute Gasteiger partial charge is 0.576 e. The lowest BCUT2D eigenvalue weighted by Crippen LogP contribution is -2.13. The first kappa shape index (κ1) is 21.0. The topological polar surface area (TPSA) is 36.9 Å². The second kappa shape index (κ2) is 11.4. The van der Waals surface area contributed by atoms with Crippen LogP contribution in [-0.2, 0) is 0 Å². The molecule has 0 spiro atoms. The van der Waals surface area contributed by atoms with E-state index in [0.29, 0.717) is 36.5 Å². The van der Waals surface area contributed by atoms with Crippen LogP contribution in [0.4, 0.5) is 0 Å². The maximum atomic E-state index is 5.84. The van der Waals surface area contributed by atoms with E-state index in [0.717, 1.165) is 24.3 Å².